The van der Waals surface area contributed by atoms with Crippen molar-refractivity contribution in [1.82, 2.24) is 0 Å². The Morgan fingerprint density at radius 3 is 2.58 bits per heavy atom. The molecule has 0 bridgehead atoms. The number of Topliss-reactive ketones (excluding diaryl/α,β-unsaturated/α-hetero) is 1. The maximum atomic E-state index is 11.0. The van der Waals surface area contributed by atoms with Gasteiger partial charge in [-0.15, -0.1) is 0 Å². The molecule has 0 spiro atoms. The van der Waals surface area contributed by atoms with Gasteiger partial charge in [-0.05, 0) is 18.8 Å². The highest BCUT2D eigenvalue weighted by atomic mass is 16.5. The maximum Gasteiger partial charge on any atom is 0.132 e. The highest BCUT2D eigenvalue weighted by Crippen LogP contribution is 2.10. The molecule has 0 saturated carbocycles. The minimum atomic E-state index is 0.374. The smallest absolute Gasteiger partial charge is 0.132 e. The molecule has 12 heavy (non-hydrogen) atoms. The molecule has 0 aliphatic carbocycles. The second-order valence-corrected chi connectivity index (χ2v) is 3.32. The quantitative estimate of drug-likeness (QED) is 0.589. The van der Waals surface area contributed by atoms with E-state index in [1.807, 2.05) is 6.92 Å². The highest BCUT2D eigenvalue weighted by molar-refractivity contribution is 5.77. The van der Waals surface area contributed by atoms with Gasteiger partial charge in [-0.1, -0.05) is 13.8 Å². The molecule has 1 atom stereocenters. The molecule has 0 radical (unpaired) electrons. The predicted molar refractivity (Wildman–Crippen MR) is 50.2 cm³/mol. The molecule has 2 nitrogen and oxygen atoms in total. The van der Waals surface area contributed by atoms with Crippen molar-refractivity contribution in [1.29, 1.82) is 0 Å². The summed E-state index contributed by atoms with van der Waals surface area (Å²) < 4.78 is 4.96. The van der Waals surface area contributed by atoms with Crippen LogP contribution in [-0.4, -0.2) is 19.5 Å². The fourth-order valence-electron chi connectivity index (χ4n) is 1.05. The van der Waals surface area contributed by atoms with Gasteiger partial charge >= 0.3 is 0 Å². The molecular formula is C10H20O2. The summed E-state index contributed by atoms with van der Waals surface area (Å²) in [5.74, 6) is 0.986. The van der Waals surface area contributed by atoms with E-state index in [1.54, 1.807) is 7.11 Å². The number of methoxy groups -OCH3 is 1. The second kappa shape index (κ2) is 7.29. The van der Waals surface area contributed by atoms with Crippen LogP contribution in [0.1, 0.15) is 39.5 Å². The van der Waals surface area contributed by atoms with Gasteiger partial charge in [0.15, 0.2) is 0 Å². The van der Waals surface area contributed by atoms with E-state index in [4.69, 9.17) is 4.74 Å². The van der Waals surface area contributed by atoms with E-state index in [2.05, 4.69) is 6.92 Å². The number of ether oxygens (including phenoxy) is 1. The van der Waals surface area contributed by atoms with Gasteiger partial charge in [0.1, 0.15) is 5.78 Å². The van der Waals surface area contributed by atoms with Crippen LogP contribution in [0, 0.1) is 5.92 Å². The van der Waals surface area contributed by atoms with E-state index in [0.29, 0.717) is 18.1 Å². The summed E-state index contributed by atoms with van der Waals surface area (Å²) in [5.41, 5.74) is 0. The van der Waals surface area contributed by atoms with Crippen molar-refractivity contribution in [2.24, 2.45) is 5.92 Å². The van der Waals surface area contributed by atoms with Gasteiger partial charge in [0.05, 0.1) is 0 Å². The number of ketones is 1. The van der Waals surface area contributed by atoms with Gasteiger partial charge < -0.3 is 4.74 Å². The lowest BCUT2D eigenvalue weighted by atomic mass is 10.00. The van der Waals surface area contributed by atoms with Crippen LogP contribution in [0.5, 0.6) is 0 Å². The predicted octanol–water partition coefficient (Wildman–Crippen LogP) is 2.42. The minimum Gasteiger partial charge on any atom is -0.385 e. The fourth-order valence-corrected chi connectivity index (χ4v) is 1.05. The number of hydrogen-bond acceptors (Lipinski definition) is 2. The van der Waals surface area contributed by atoms with E-state index in [-0.39, 0.29) is 0 Å². The van der Waals surface area contributed by atoms with Crippen LogP contribution in [-0.2, 0) is 9.53 Å². The summed E-state index contributed by atoms with van der Waals surface area (Å²) in [6.07, 6.45) is 3.49. The lowest BCUT2D eigenvalue weighted by Gasteiger charge is -2.08. The zero-order valence-corrected chi connectivity index (χ0v) is 8.43. The highest BCUT2D eigenvalue weighted by Gasteiger charge is 2.04. The van der Waals surface area contributed by atoms with Gasteiger partial charge in [-0.25, -0.2) is 0 Å². The molecule has 2 heteroatoms. The molecule has 0 aromatic rings. The SMILES string of the molecule is CCC(=O)CCC(C)CCOC. The van der Waals surface area contributed by atoms with Crippen molar-refractivity contribution in [3.05, 3.63) is 0 Å². The Balaban J connectivity index is 3.30. The standard InChI is InChI=1S/C10H20O2/c1-4-10(11)6-5-9(2)7-8-12-3/h9H,4-8H2,1-3H3. The third kappa shape index (κ3) is 6.35. The summed E-state index contributed by atoms with van der Waals surface area (Å²) in [5, 5.41) is 0. The van der Waals surface area contributed by atoms with Crippen molar-refractivity contribution in [3.63, 3.8) is 0 Å². The first-order chi connectivity index (χ1) is 5.70. The van der Waals surface area contributed by atoms with E-state index in [1.165, 1.54) is 0 Å². The van der Waals surface area contributed by atoms with Gasteiger partial charge in [0.2, 0.25) is 0 Å². The van der Waals surface area contributed by atoms with Crippen molar-refractivity contribution < 1.29 is 9.53 Å². The van der Waals surface area contributed by atoms with Crippen LogP contribution in [0.2, 0.25) is 0 Å². The average molecular weight is 172 g/mol. The molecule has 0 fully saturated rings. The molecule has 0 aliphatic heterocycles. The summed E-state index contributed by atoms with van der Waals surface area (Å²) in [7, 11) is 1.71. The number of hydrogen-bond donors (Lipinski definition) is 0. The minimum absolute atomic E-state index is 0.374. The lowest BCUT2D eigenvalue weighted by Crippen LogP contribution is -2.03. The molecule has 0 N–H and O–H groups in total. The summed E-state index contributed by atoms with van der Waals surface area (Å²) in [6, 6.07) is 0. The molecule has 0 aromatic heterocycles. The lowest BCUT2D eigenvalue weighted by molar-refractivity contribution is -0.119. The van der Waals surface area contributed by atoms with Crippen molar-refractivity contribution in [3.8, 4) is 0 Å². The van der Waals surface area contributed by atoms with Crippen LogP contribution >= 0.6 is 0 Å². The van der Waals surface area contributed by atoms with E-state index in [0.717, 1.165) is 25.9 Å². The van der Waals surface area contributed by atoms with Gasteiger partial charge in [0.25, 0.3) is 0 Å². The van der Waals surface area contributed by atoms with Crippen LogP contribution < -0.4 is 0 Å². The first kappa shape index (κ1) is 11.6. The van der Waals surface area contributed by atoms with Crippen molar-refractivity contribution in [2.45, 2.75) is 39.5 Å². The molecule has 1 unspecified atom stereocenters. The van der Waals surface area contributed by atoms with Gasteiger partial charge in [-0.3, -0.25) is 4.79 Å². The average Bonchev–Trinajstić information content (AvgIpc) is 2.10. The molecule has 0 rings (SSSR count). The van der Waals surface area contributed by atoms with Crippen molar-refractivity contribution >= 4 is 5.78 Å². The third-order valence-corrected chi connectivity index (χ3v) is 2.13. The van der Waals surface area contributed by atoms with Gasteiger partial charge in [0, 0.05) is 26.6 Å². The molecule has 0 saturated heterocycles. The Morgan fingerprint density at radius 2 is 2.08 bits per heavy atom. The monoisotopic (exact) mass is 172 g/mol. The Kier molecular flexibility index (Phi) is 7.06. The topological polar surface area (TPSA) is 26.3 Å². The Bertz CT molecular complexity index is 121. The number of carbonyl (C=O) groups excluding carboxylic acids is 1. The Morgan fingerprint density at radius 1 is 1.42 bits per heavy atom. The molecule has 72 valence electrons. The normalized spacial score (nSPS) is 12.9. The molecule has 0 aliphatic rings. The molecule has 0 amide bonds. The molecule has 0 aromatic carbocycles. The second-order valence-electron chi connectivity index (χ2n) is 3.32. The summed E-state index contributed by atoms with van der Waals surface area (Å²) in [4.78, 5) is 11.0. The van der Waals surface area contributed by atoms with Crippen LogP contribution in [0.3, 0.4) is 0 Å². The van der Waals surface area contributed by atoms with E-state index < -0.39 is 0 Å². The van der Waals surface area contributed by atoms with Crippen LogP contribution in [0.4, 0.5) is 0 Å². The first-order valence-corrected chi connectivity index (χ1v) is 4.71. The summed E-state index contributed by atoms with van der Waals surface area (Å²) >= 11 is 0. The Labute approximate surface area is 75.3 Å². The largest absolute Gasteiger partial charge is 0.385 e. The zero-order chi connectivity index (χ0) is 9.40. The summed E-state index contributed by atoms with van der Waals surface area (Å²) in [6.45, 7) is 4.89. The zero-order valence-electron chi connectivity index (χ0n) is 8.43. The van der Waals surface area contributed by atoms with E-state index >= 15 is 0 Å². The van der Waals surface area contributed by atoms with E-state index in [9.17, 15) is 4.79 Å². The molecule has 0 heterocycles. The fraction of sp³-hybridized carbons (Fsp3) is 0.900. The van der Waals surface area contributed by atoms with Crippen molar-refractivity contribution in [2.75, 3.05) is 13.7 Å². The van der Waals surface area contributed by atoms with Crippen LogP contribution in [0.15, 0.2) is 0 Å². The maximum absolute atomic E-state index is 11.0. The van der Waals surface area contributed by atoms with Crippen LogP contribution in [0.25, 0.3) is 0 Å². The van der Waals surface area contributed by atoms with Gasteiger partial charge in [-0.2, -0.15) is 0 Å². The number of carbonyl (C=O) groups is 1. The Hall–Kier alpha value is -0.370. The third-order valence-electron chi connectivity index (χ3n) is 2.13. The molecular weight excluding hydrogens is 152 g/mol. The number of rotatable bonds is 7. The first-order valence-electron chi connectivity index (χ1n) is 4.71.